The summed E-state index contributed by atoms with van der Waals surface area (Å²) >= 11 is 7.10. The highest BCUT2D eigenvalue weighted by atomic mass is 32.2. The van der Waals surface area contributed by atoms with Crippen molar-refractivity contribution in [2.75, 3.05) is 18.8 Å². The van der Waals surface area contributed by atoms with Gasteiger partial charge in [0.05, 0.1) is 0 Å². The van der Waals surface area contributed by atoms with E-state index in [0.717, 1.165) is 4.32 Å². The number of thiocarbonyl (C=S) groups is 1. The third kappa shape index (κ3) is 2.99. The number of nitrogens with zero attached hydrogens (tertiary/aromatic N) is 1. The quantitative estimate of drug-likeness (QED) is 0.615. The van der Waals surface area contributed by atoms with E-state index in [0.29, 0.717) is 0 Å². The van der Waals surface area contributed by atoms with Crippen LogP contribution in [0.1, 0.15) is 26.2 Å². The molecule has 64 valence electrons. The Kier molecular flexibility index (Phi) is 4.23. The minimum Gasteiger partial charge on any atom is -0.358 e. The lowest BCUT2D eigenvalue weighted by Gasteiger charge is -2.16. The molecular formula is C8H15NS2. The van der Waals surface area contributed by atoms with Crippen LogP contribution >= 0.6 is 24.0 Å². The first-order chi connectivity index (χ1) is 5.34. The van der Waals surface area contributed by atoms with E-state index in [9.17, 15) is 0 Å². The Morgan fingerprint density at radius 1 is 1.45 bits per heavy atom. The first kappa shape index (κ1) is 9.33. The molecule has 0 unspecified atom stereocenters. The predicted molar refractivity (Wildman–Crippen MR) is 56.2 cm³/mol. The van der Waals surface area contributed by atoms with Crippen molar-refractivity contribution in [3.63, 3.8) is 0 Å². The molecular weight excluding hydrogens is 174 g/mol. The maximum absolute atomic E-state index is 5.27. The van der Waals surface area contributed by atoms with Gasteiger partial charge in [-0.3, -0.25) is 0 Å². The molecule has 0 aromatic carbocycles. The number of hydrogen-bond donors (Lipinski definition) is 0. The van der Waals surface area contributed by atoms with E-state index in [4.69, 9.17) is 12.2 Å². The molecule has 1 heterocycles. The summed E-state index contributed by atoms with van der Waals surface area (Å²) in [5.41, 5.74) is 0. The second-order valence-electron chi connectivity index (χ2n) is 2.81. The van der Waals surface area contributed by atoms with Crippen molar-refractivity contribution in [1.82, 2.24) is 4.90 Å². The average molecular weight is 189 g/mol. The Hall–Kier alpha value is 0.240. The van der Waals surface area contributed by atoms with Gasteiger partial charge in [0.25, 0.3) is 0 Å². The Bertz CT molecular complexity index is 130. The van der Waals surface area contributed by atoms with Crippen molar-refractivity contribution in [1.29, 1.82) is 0 Å². The van der Waals surface area contributed by atoms with Gasteiger partial charge < -0.3 is 4.90 Å². The van der Waals surface area contributed by atoms with Gasteiger partial charge in [0.2, 0.25) is 0 Å². The van der Waals surface area contributed by atoms with E-state index in [-0.39, 0.29) is 0 Å². The highest BCUT2D eigenvalue weighted by Gasteiger charge is 2.13. The highest BCUT2D eigenvalue weighted by Crippen LogP contribution is 2.16. The van der Waals surface area contributed by atoms with Crippen molar-refractivity contribution in [2.45, 2.75) is 26.2 Å². The van der Waals surface area contributed by atoms with Crippen LogP contribution in [0.3, 0.4) is 0 Å². The van der Waals surface area contributed by atoms with Gasteiger partial charge in [-0.25, -0.2) is 0 Å². The molecule has 0 N–H and O–H groups in total. The van der Waals surface area contributed by atoms with Gasteiger partial charge >= 0.3 is 0 Å². The Balaban J connectivity index is 2.17. The standard InChI is InChI=1S/C8H15NS2/c1-2-7-11-8(10)9-5-3-4-6-9/h2-7H2,1H3. The first-order valence-electron chi connectivity index (χ1n) is 4.26. The lowest BCUT2D eigenvalue weighted by atomic mass is 10.4. The maximum Gasteiger partial charge on any atom is 0.136 e. The number of thioether (sulfide) groups is 1. The predicted octanol–water partition coefficient (Wildman–Crippen LogP) is 2.51. The number of hydrogen-bond acceptors (Lipinski definition) is 2. The van der Waals surface area contributed by atoms with Crippen molar-refractivity contribution in [3.8, 4) is 0 Å². The Morgan fingerprint density at radius 2 is 2.09 bits per heavy atom. The monoisotopic (exact) mass is 189 g/mol. The number of rotatable bonds is 2. The van der Waals surface area contributed by atoms with E-state index >= 15 is 0 Å². The summed E-state index contributed by atoms with van der Waals surface area (Å²) in [5, 5.41) is 0. The summed E-state index contributed by atoms with van der Waals surface area (Å²) < 4.78 is 1.12. The van der Waals surface area contributed by atoms with Crippen LogP contribution in [0, 0.1) is 0 Å². The summed E-state index contributed by atoms with van der Waals surface area (Å²) in [5.74, 6) is 1.18. The van der Waals surface area contributed by atoms with E-state index in [2.05, 4.69) is 11.8 Å². The summed E-state index contributed by atoms with van der Waals surface area (Å²) in [6, 6.07) is 0. The molecule has 1 aliphatic heterocycles. The van der Waals surface area contributed by atoms with E-state index in [1.54, 1.807) is 0 Å². The number of likely N-dealkylation sites (tertiary alicyclic amines) is 1. The van der Waals surface area contributed by atoms with E-state index in [1.165, 1.54) is 38.1 Å². The van der Waals surface area contributed by atoms with E-state index in [1.807, 2.05) is 11.8 Å². The second-order valence-corrected chi connectivity index (χ2v) is 4.54. The van der Waals surface area contributed by atoms with Gasteiger partial charge in [-0.1, -0.05) is 30.9 Å². The molecule has 3 heteroatoms. The van der Waals surface area contributed by atoms with Gasteiger partial charge in [0.15, 0.2) is 0 Å². The Labute approximate surface area is 78.5 Å². The fraction of sp³-hybridized carbons (Fsp3) is 0.875. The van der Waals surface area contributed by atoms with Crippen molar-refractivity contribution >= 4 is 28.3 Å². The van der Waals surface area contributed by atoms with Crippen LogP contribution < -0.4 is 0 Å². The molecule has 1 rings (SSSR count). The van der Waals surface area contributed by atoms with Crippen LogP contribution in [-0.2, 0) is 0 Å². The molecule has 1 saturated heterocycles. The summed E-state index contributed by atoms with van der Waals surface area (Å²) in [6.07, 6.45) is 3.87. The zero-order valence-electron chi connectivity index (χ0n) is 7.01. The molecule has 0 aromatic heterocycles. The molecule has 11 heavy (non-hydrogen) atoms. The molecule has 0 aromatic rings. The van der Waals surface area contributed by atoms with Crippen LogP contribution in [0.2, 0.25) is 0 Å². The van der Waals surface area contributed by atoms with Crippen molar-refractivity contribution in [3.05, 3.63) is 0 Å². The molecule has 0 amide bonds. The van der Waals surface area contributed by atoms with E-state index < -0.39 is 0 Å². The Morgan fingerprint density at radius 3 is 2.64 bits per heavy atom. The second kappa shape index (κ2) is 4.99. The molecule has 1 aliphatic rings. The minimum atomic E-state index is 1.12. The largest absolute Gasteiger partial charge is 0.358 e. The third-order valence-corrected chi connectivity index (χ3v) is 3.52. The third-order valence-electron chi connectivity index (χ3n) is 1.79. The molecule has 1 fully saturated rings. The van der Waals surface area contributed by atoms with Crippen LogP contribution in [0.25, 0.3) is 0 Å². The smallest absolute Gasteiger partial charge is 0.136 e. The average Bonchev–Trinajstić information content (AvgIpc) is 2.52. The van der Waals surface area contributed by atoms with Gasteiger partial charge in [0.1, 0.15) is 4.32 Å². The lowest BCUT2D eigenvalue weighted by molar-refractivity contribution is 0.539. The van der Waals surface area contributed by atoms with Gasteiger partial charge in [-0.15, -0.1) is 0 Å². The molecule has 0 saturated carbocycles. The van der Waals surface area contributed by atoms with Crippen LogP contribution in [0.5, 0.6) is 0 Å². The zero-order valence-corrected chi connectivity index (χ0v) is 8.64. The maximum atomic E-state index is 5.27. The molecule has 0 spiro atoms. The van der Waals surface area contributed by atoms with Crippen LogP contribution in [0.15, 0.2) is 0 Å². The molecule has 0 aliphatic carbocycles. The molecule has 0 radical (unpaired) electrons. The SMILES string of the molecule is CCCSC(=S)N1CCCC1. The first-order valence-corrected chi connectivity index (χ1v) is 5.65. The fourth-order valence-electron chi connectivity index (χ4n) is 1.18. The normalized spacial score (nSPS) is 17.4. The highest BCUT2D eigenvalue weighted by molar-refractivity contribution is 8.22. The van der Waals surface area contributed by atoms with Gasteiger partial charge in [-0.2, -0.15) is 0 Å². The lowest BCUT2D eigenvalue weighted by Crippen LogP contribution is -2.23. The summed E-state index contributed by atoms with van der Waals surface area (Å²) in [7, 11) is 0. The molecule has 0 atom stereocenters. The summed E-state index contributed by atoms with van der Waals surface area (Å²) in [6.45, 7) is 4.57. The van der Waals surface area contributed by atoms with Gasteiger partial charge in [-0.05, 0) is 25.0 Å². The van der Waals surface area contributed by atoms with Crippen LogP contribution in [-0.4, -0.2) is 28.1 Å². The fourth-order valence-corrected chi connectivity index (χ4v) is 2.36. The minimum absolute atomic E-state index is 1.12. The zero-order chi connectivity index (χ0) is 8.10. The van der Waals surface area contributed by atoms with Crippen LogP contribution in [0.4, 0.5) is 0 Å². The molecule has 0 bridgehead atoms. The van der Waals surface area contributed by atoms with Gasteiger partial charge in [0, 0.05) is 13.1 Å². The summed E-state index contributed by atoms with van der Waals surface area (Å²) in [4.78, 5) is 2.33. The van der Waals surface area contributed by atoms with Crippen molar-refractivity contribution < 1.29 is 0 Å². The molecule has 1 nitrogen and oxygen atoms in total. The topological polar surface area (TPSA) is 3.24 Å². The van der Waals surface area contributed by atoms with Crippen molar-refractivity contribution in [2.24, 2.45) is 0 Å².